The molecule has 31 heavy (non-hydrogen) atoms. The predicted octanol–water partition coefficient (Wildman–Crippen LogP) is 5.15. The Bertz CT molecular complexity index is 1100. The average Bonchev–Trinajstić information content (AvgIpc) is 2.69. The largest absolute Gasteiger partial charge is 0.331 e. The van der Waals surface area contributed by atoms with Crippen LogP contribution in [0.5, 0.6) is 0 Å². The number of aryl methyl sites for hydroxylation is 3. The van der Waals surface area contributed by atoms with E-state index >= 15 is 0 Å². The molecule has 0 bridgehead atoms. The van der Waals surface area contributed by atoms with Crippen molar-refractivity contribution in [2.45, 2.75) is 27.3 Å². The molecule has 0 aliphatic heterocycles. The maximum absolute atomic E-state index is 13.2. The van der Waals surface area contributed by atoms with Crippen LogP contribution in [0.2, 0.25) is 5.02 Å². The topological polar surface area (TPSA) is 74.2 Å². The Labute approximate surface area is 191 Å². The maximum Gasteiger partial charge on any atom is 0.229 e. The summed E-state index contributed by atoms with van der Waals surface area (Å²) >= 11 is 11.7. The van der Waals surface area contributed by atoms with E-state index in [4.69, 9.17) is 23.8 Å². The van der Waals surface area contributed by atoms with Crippen molar-refractivity contribution in [2.75, 3.05) is 10.6 Å². The summed E-state index contributed by atoms with van der Waals surface area (Å²) in [6, 6.07) is 13.6. The molecule has 9 heteroatoms. The van der Waals surface area contributed by atoms with Crippen LogP contribution in [0.25, 0.3) is 0 Å². The molecule has 0 radical (unpaired) electrons. The quantitative estimate of drug-likeness (QED) is 0.286. The fourth-order valence-corrected chi connectivity index (χ4v) is 3.23. The molecule has 3 N–H and O–H groups in total. The van der Waals surface area contributed by atoms with Gasteiger partial charge in [-0.2, -0.15) is 0 Å². The fourth-order valence-electron chi connectivity index (χ4n) is 2.74. The lowest BCUT2D eigenvalue weighted by atomic mass is 10.2. The zero-order chi connectivity index (χ0) is 22.4. The van der Waals surface area contributed by atoms with E-state index in [2.05, 4.69) is 30.9 Å². The fraction of sp³-hybridized carbons (Fsp3) is 0.182. The first-order valence-corrected chi connectivity index (χ1v) is 10.3. The van der Waals surface area contributed by atoms with Gasteiger partial charge in [-0.25, -0.2) is 19.4 Å². The minimum atomic E-state index is -0.298. The van der Waals surface area contributed by atoms with Crippen molar-refractivity contribution in [2.24, 2.45) is 4.99 Å². The molecule has 160 valence electrons. The molecule has 0 saturated carbocycles. The van der Waals surface area contributed by atoms with Crippen LogP contribution in [-0.2, 0) is 6.54 Å². The maximum atomic E-state index is 13.2. The van der Waals surface area contributed by atoms with Crippen LogP contribution in [0.1, 0.15) is 22.5 Å². The standard InChI is InChI=1S/C22H22ClFN6S/c1-13-4-9-19(18(23)10-13)28-22(31)30-20(25-12-16-5-7-17(24)8-6-16)29-21-26-14(2)11-15(3)27-21/h4-11H,12H2,1-3H3,(H3,25,26,27,28,29,30,31). The lowest BCUT2D eigenvalue weighted by Gasteiger charge is -2.15. The lowest BCUT2D eigenvalue weighted by molar-refractivity contribution is 0.627. The summed E-state index contributed by atoms with van der Waals surface area (Å²) < 4.78 is 13.2. The summed E-state index contributed by atoms with van der Waals surface area (Å²) in [6.07, 6.45) is 0. The van der Waals surface area contributed by atoms with Crippen molar-refractivity contribution in [3.8, 4) is 0 Å². The van der Waals surface area contributed by atoms with Gasteiger partial charge in [0.05, 0.1) is 17.3 Å². The molecular formula is C22H22ClFN6S. The van der Waals surface area contributed by atoms with E-state index in [1.807, 2.05) is 45.0 Å². The van der Waals surface area contributed by atoms with Gasteiger partial charge in [0.2, 0.25) is 11.9 Å². The Hall–Kier alpha value is -3.10. The third kappa shape index (κ3) is 6.97. The van der Waals surface area contributed by atoms with Crippen LogP contribution in [0, 0.1) is 26.6 Å². The smallest absolute Gasteiger partial charge is 0.229 e. The number of aliphatic imine (C=N–C) groups is 1. The second-order valence-corrected chi connectivity index (χ2v) is 7.77. The van der Waals surface area contributed by atoms with E-state index in [1.54, 1.807) is 12.1 Å². The van der Waals surface area contributed by atoms with E-state index in [0.29, 0.717) is 34.3 Å². The Kier molecular flexibility index (Phi) is 7.49. The number of guanidine groups is 1. The first-order valence-electron chi connectivity index (χ1n) is 9.51. The van der Waals surface area contributed by atoms with E-state index in [0.717, 1.165) is 22.5 Å². The normalized spacial score (nSPS) is 11.2. The van der Waals surface area contributed by atoms with Gasteiger partial charge in [0.1, 0.15) is 5.82 Å². The van der Waals surface area contributed by atoms with Gasteiger partial charge in [0.25, 0.3) is 0 Å². The van der Waals surface area contributed by atoms with E-state index < -0.39 is 0 Å². The van der Waals surface area contributed by atoms with Crippen LogP contribution < -0.4 is 16.0 Å². The van der Waals surface area contributed by atoms with Gasteiger partial charge < -0.3 is 10.6 Å². The van der Waals surface area contributed by atoms with Crippen molar-refractivity contribution in [3.63, 3.8) is 0 Å². The number of benzene rings is 2. The molecule has 3 aromatic rings. The highest BCUT2D eigenvalue weighted by atomic mass is 35.5. The summed E-state index contributed by atoms with van der Waals surface area (Å²) in [6.45, 7) is 6.02. The highest BCUT2D eigenvalue weighted by Gasteiger charge is 2.09. The number of nitrogens with one attached hydrogen (secondary N) is 3. The zero-order valence-corrected chi connectivity index (χ0v) is 18.9. The first-order chi connectivity index (χ1) is 14.8. The second-order valence-electron chi connectivity index (χ2n) is 6.95. The summed E-state index contributed by atoms with van der Waals surface area (Å²) in [5, 5.41) is 9.99. The highest BCUT2D eigenvalue weighted by Crippen LogP contribution is 2.22. The average molecular weight is 457 g/mol. The molecule has 6 nitrogen and oxygen atoms in total. The predicted molar refractivity (Wildman–Crippen MR) is 128 cm³/mol. The number of hydrogen-bond acceptors (Lipinski definition) is 4. The van der Waals surface area contributed by atoms with Crippen molar-refractivity contribution < 1.29 is 4.39 Å². The first kappa shape index (κ1) is 22.6. The van der Waals surface area contributed by atoms with Crippen LogP contribution >= 0.6 is 23.8 Å². The van der Waals surface area contributed by atoms with E-state index in [-0.39, 0.29) is 5.82 Å². The molecule has 2 aromatic carbocycles. The molecule has 1 aromatic heterocycles. The van der Waals surface area contributed by atoms with Gasteiger partial charge >= 0.3 is 0 Å². The van der Waals surface area contributed by atoms with Crippen molar-refractivity contribution in [1.82, 2.24) is 15.3 Å². The Morgan fingerprint density at radius 2 is 1.68 bits per heavy atom. The number of hydrogen-bond donors (Lipinski definition) is 3. The number of anilines is 2. The van der Waals surface area contributed by atoms with Crippen LogP contribution in [0.3, 0.4) is 0 Å². The highest BCUT2D eigenvalue weighted by molar-refractivity contribution is 7.80. The van der Waals surface area contributed by atoms with Gasteiger partial charge in [0, 0.05) is 11.4 Å². The van der Waals surface area contributed by atoms with Crippen molar-refractivity contribution in [3.05, 3.63) is 81.9 Å². The molecule has 1 heterocycles. The summed E-state index contributed by atoms with van der Waals surface area (Å²) in [5.41, 5.74) is 4.19. The molecule has 3 rings (SSSR count). The summed E-state index contributed by atoms with van der Waals surface area (Å²) in [7, 11) is 0. The van der Waals surface area contributed by atoms with Crippen LogP contribution in [-0.4, -0.2) is 21.0 Å². The van der Waals surface area contributed by atoms with Gasteiger partial charge in [-0.1, -0.05) is 29.8 Å². The number of rotatable bonds is 4. The van der Waals surface area contributed by atoms with Crippen molar-refractivity contribution >= 4 is 46.5 Å². The molecule has 0 spiro atoms. The zero-order valence-electron chi connectivity index (χ0n) is 17.3. The SMILES string of the molecule is Cc1ccc(NC(=S)NC(=NCc2ccc(F)cc2)Nc2nc(C)cc(C)n2)c(Cl)c1. The number of aromatic nitrogens is 2. The second kappa shape index (κ2) is 10.3. The third-order valence-corrected chi connectivity index (χ3v) is 4.67. The number of thiocarbonyl (C=S) groups is 1. The Morgan fingerprint density at radius 1 is 1.00 bits per heavy atom. The molecule has 0 unspecified atom stereocenters. The third-order valence-electron chi connectivity index (χ3n) is 4.15. The van der Waals surface area contributed by atoms with Crippen molar-refractivity contribution in [1.29, 1.82) is 0 Å². The molecule has 0 fully saturated rings. The summed E-state index contributed by atoms with van der Waals surface area (Å²) in [4.78, 5) is 13.3. The molecule has 0 saturated heterocycles. The van der Waals surface area contributed by atoms with Gasteiger partial charge in [-0.3, -0.25) is 5.32 Å². The molecular weight excluding hydrogens is 435 g/mol. The minimum absolute atomic E-state index is 0.292. The van der Waals surface area contributed by atoms with Crippen LogP contribution in [0.15, 0.2) is 53.5 Å². The molecule has 0 amide bonds. The lowest BCUT2D eigenvalue weighted by Crippen LogP contribution is -2.39. The van der Waals surface area contributed by atoms with E-state index in [9.17, 15) is 4.39 Å². The van der Waals surface area contributed by atoms with Gasteiger partial charge in [-0.15, -0.1) is 0 Å². The Morgan fingerprint density at radius 3 is 2.32 bits per heavy atom. The summed E-state index contributed by atoms with van der Waals surface area (Å²) in [5.74, 6) is 0.433. The number of nitrogens with zero attached hydrogens (tertiary/aromatic N) is 3. The van der Waals surface area contributed by atoms with E-state index in [1.165, 1.54) is 12.1 Å². The number of halogens is 2. The van der Waals surface area contributed by atoms with Gasteiger partial charge in [0.15, 0.2) is 5.11 Å². The molecule has 0 aliphatic carbocycles. The Balaban J connectivity index is 1.78. The van der Waals surface area contributed by atoms with Gasteiger partial charge in [-0.05, 0) is 74.4 Å². The van der Waals surface area contributed by atoms with Crippen LogP contribution in [0.4, 0.5) is 16.0 Å². The molecule has 0 atom stereocenters. The molecule has 0 aliphatic rings. The minimum Gasteiger partial charge on any atom is -0.331 e. The monoisotopic (exact) mass is 456 g/mol.